The van der Waals surface area contributed by atoms with Gasteiger partial charge in [0.1, 0.15) is 0 Å². The fourth-order valence-electron chi connectivity index (χ4n) is 2.32. The molecule has 0 amide bonds. The van der Waals surface area contributed by atoms with Gasteiger partial charge in [0.25, 0.3) is 0 Å². The van der Waals surface area contributed by atoms with Crippen LogP contribution in [0.25, 0.3) is 0 Å². The van der Waals surface area contributed by atoms with E-state index < -0.39 is 10.0 Å². The predicted molar refractivity (Wildman–Crippen MR) is 73.2 cm³/mol. The molecular formula is C11H24N4O2S. The number of amidine groups is 1. The zero-order valence-corrected chi connectivity index (χ0v) is 12.0. The zero-order chi connectivity index (χ0) is 13.8. The summed E-state index contributed by atoms with van der Waals surface area (Å²) in [6.45, 7) is 2.87. The Balaban J connectivity index is 2.40. The van der Waals surface area contributed by atoms with E-state index in [0.29, 0.717) is 25.4 Å². The van der Waals surface area contributed by atoms with E-state index in [1.165, 1.54) is 6.26 Å². The SMILES string of the molecule is CN(CCC(=N)N)CC1CCCN(S(C)(=O)=O)C1. The van der Waals surface area contributed by atoms with Crippen molar-refractivity contribution in [1.82, 2.24) is 9.21 Å². The molecule has 6 nitrogen and oxygen atoms in total. The van der Waals surface area contributed by atoms with Crippen LogP contribution in [0.1, 0.15) is 19.3 Å². The molecule has 7 heteroatoms. The Labute approximate surface area is 110 Å². The summed E-state index contributed by atoms with van der Waals surface area (Å²) >= 11 is 0. The summed E-state index contributed by atoms with van der Waals surface area (Å²) in [4.78, 5) is 2.12. The monoisotopic (exact) mass is 276 g/mol. The minimum absolute atomic E-state index is 0.197. The maximum atomic E-state index is 11.5. The van der Waals surface area contributed by atoms with Gasteiger partial charge < -0.3 is 10.6 Å². The second kappa shape index (κ2) is 6.49. The van der Waals surface area contributed by atoms with Crippen molar-refractivity contribution in [3.05, 3.63) is 0 Å². The minimum Gasteiger partial charge on any atom is -0.388 e. The van der Waals surface area contributed by atoms with Crippen LogP contribution in [0.2, 0.25) is 0 Å². The van der Waals surface area contributed by atoms with Gasteiger partial charge in [0.05, 0.1) is 12.1 Å². The van der Waals surface area contributed by atoms with Crippen molar-refractivity contribution in [2.45, 2.75) is 19.3 Å². The van der Waals surface area contributed by atoms with Crippen LogP contribution in [0.5, 0.6) is 0 Å². The lowest BCUT2D eigenvalue weighted by molar-refractivity contribution is 0.203. The van der Waals surface area contributed by atoms with Gasteiger partial charge in [0.2, 0.25) is 10.0 Å². The molecule has 3 N–H and O–H groups in total. The first-order valence-corrected chi connectivity index (χ1v) is 8.10. The molecule has 1 rings (SSSR count). The fourth-order valence-corrected chi connectivity index (χ4v) is 3.26. The van der Waals surface area contributed by atoms with Crippen LogP contribution in [-0.4, -0.2) is 62.9 Å². The summed E-state index contributed by atoms with van der Waals surface area (Å²) in [5, 5.41) is 7.18. The predicted octanol–water partition coefficient (Wildman–Crippen LogP) is -0.0841. The Bertz CT molecular complexity index is 383. The van der Waals surface area contributed by atoms with Crippen LogP contribution in [0.15, 0.2) is 0 Å². The maximum absolute atomic E-state index is 11.5. The summed E-state index contributed by atoms with van der Waals surface area (Å²) in [6.07, 6.45) is 3.84. The molecule has 0 aliphatic carbocycles. The fraction of sp³-hybridized carbons (Fsp3) is 0.909. The molecule has 1 unspecified atom stereocenters. The Morgan fingerprint density at radius 3 is 2.78 bits per heavy atom. The number of nitrogens with zero attached hydrogens (tertiary/aromatic N) is 2. The normalized spacial score (nSPS) is 22.3. The summed E-state index contributed by atoms with van der Waals surface area (Å²) in [5.41, 5.74) is 5.32. The highest BCUT2D eigenvalue weighted by Gasteiger charge is 2.26. The molecule has 1 fully saturated rings. The van der Waals surface area contributed by atoms with E-state index >= 15 is 0 Å². The molecular weight excluding hydrogens is 252 g/mol. The van der Waals surface area contributed by atoms with Gasteiger partial charge in [-0.1, -0.05) is 0 Å². The van der Waals surface area contributed by atoms with Crippen LogP contribution in [0.3, 0.4) is 0 Å². The quantitative estimate of drug-likeness (QED) is 0.524. The van der Waals surface area contributed by atoms with Gasteiger partial charge in [0, 0.05) is 32.6 Å². The van der Waals surface area contributed by atoms with Gasteiger partial charge >= 0.3 is 0 Å². The van der Waals surface area contributed by atoms with Crippen molar-refractivity contribution in [2.24, 2.45) is 11.7 Å². The van der Waals surface area contributed by atoms with Crippen LogP contribution >= 0.6 is 0 Å². The summed E-state index contributed by atoms with van der Waals surface area (Å²) in [7, 11) is -1.07. The summed E-state index contributed by atoms with van der Waals surface area (Å²) in [5.74, 6) is 0.577. The van der Waals surface area contributed by atoms with E-state index in [9.17, 15) is 8.42 Å². The number of rotatable bonds is 6. The van der Waals surface area contributed by atoms with Crippen molar-refractivity contribution in [3.8, 4) is 0 Å². The molecule has 0 saturated carbocycles. The van der Waals surface area contributed by atoms with Crippen molar-refractivity contribution in [1.29, 1.82) is 5.41 Å². The molecule has 0 spiro atoms. The molecule has 0 aromatic rings. The van der Waals surface area contributed by atoms with E-state index in [1.54, 1.807) is 4.31 Å². The number of hydrogen-bond donors (Lipinski definition) is 2. The first kappa shape index (κ1) is 15.4. The third-order valence-corrected chi connectivity index (χ3v) is 4.55. The largest absolute Gasteiger partial charge is 0.388 e. The lowest BCUT2D eigenvalue weighted by Gasteiger charge is -2.33. The molecule has 1 atom stereocenters. The first-order chi connectivity index (χ1) is 8.29. The van der Waals surface area contributed by atoms with Crippen molar-refractivity contribution < 1.29 is 8.42 Å². The maximum Gasteiger partial charge on any atom is 0.211 e. The van der Waals surface area contributed by atoms with E-state index in [2.05, 4.69) is 4.90 Å². The van der Waals surface area contributed by atoms with Gasteiger partial charge in [-0.2, -0.15) is 0 Å². The summed E-state index contributed by atoms with van der Waals surface area (Å²) in [6, 6.07) is 0. The Kier molecular flexibility index (Phi) is 5.55. The number of hydrogen-bond acceptors (Lipinski definition) is 4. The highest BCUT2D eigenvalue weighted by atomic mass is 32.2. The van der Waals surface area contributed by atoms with Crippen molar-refractivity contribution in [3.63, 3.8) is 0 Å². The first-order valence-electron chi connectivity index (χ1n) is 6.25. The summed E-state index contributed by atoms with van der Waals surface area (Å²) < 4.78 is 24.6. The molecule has 1 heterocycles. The lowest BCUT2D eigenvalue weighted by Crippen LogP contribution is -2.43. The van der Waals surface area contributed by atoms with Crippen LogP contribution in [0.4, 0.5) is 0 Å². The van der Waals surface area contributed by atoms with Gasteiger partial charge in [0.15, 0.2) is 0 Å². The van der Waals surface area contributed by atoms with Crippen molar-refractivity contribution in [2.75, 3.05) is 39.5 Å². The average molecular weight is 276 g/mol. The number of nitrogens with one attached hydrogen (secondary N) is 1. The second-order valence-corrected chi connectivity index (χ2v) is 7.15. The van der Waals surface area contributed by atoms with E-state index in [4.69, 9.17) is 11.1 Å². The number of sulfonamides is 1. The smallest absolute Gasteiger partial charge is 0.211 e. The second-order valence-electron chi connectivity index (χ2n) is 5.17. The molecule has 0 bridgehead atoms. The molecule has 0 aromatic heterocycles. The lowest BCUT2D eigenvalue weighted by atomic mass is 9.99. The van der Waals surface area contributed by atoms with Gasteiger partial charge in [-0.15, -0.1) is 0 Å². The molecule has 0 aromatic carbocycles. The Hall–Kier alpha value is -0.660. The molecule has 1 saturated heterocycles. The van der Waals surface area contributed by atoms with Crippen molar-refractivity contribution >= 4 is 15.9 Å². The van der Waals surface area contributed by atoms with Gasteiger partial charge in [-0.25, -0.2) is 12.7 Å². The van der Waals surface area contributed by atoms with E-state index in [-0.39, 0.29) is 5.84 Å². The van der Waals surface area contributed by atoms with Crippen LogP contribution in [-0.2, 0) is 10.0 Å². The molecule has 18 heavy (non-hydrogen) atoms. The molecule has 1 aliphatic heterocycles. The minimum atomic E-state index is -3.06. The third kappa shape index (κ3) is 5.32. The van der Waals surface area contributed by atoms with Crippen LogP contribution in [0, 0.1) is 11.3 Å². The Morgan fingerprint density at radius 1 is 1.56 bits per heavy atom. The topological polar surface area (TPSA) is 90.5 Å². The number of piperidine rings is 1. The highest BCUT2D eigenvalue weighted by molar-refractivity contribution is 7.88. The number of nitrogens with two attached hydrogens (primary N) is 1. The Morgan fingerprint density at radius 2 is 2.22 bits per heavy atom. The molecule has 1 aliphatic rings. The average Bonchev–Trinajstić information content (AvgIpc) is 2.25. The van der Waals surface area contributed by atoms with E-state index in [1.807, 2.05) is 7.05 Å². The zero-order valence-electron chi connectivity index (χ0n) is 11.2. The third-order valence-electron chi connectivity index (χ3n) is 3.28. The highest BCUT2D eigenvalue weighted by Crippen LogP contribution is 2.19. The van der Waals surface area contributed by atoms with Crippen LogP contribution < -0.4 is 5.73 Å². The van der Waals surface area contributed by atoms with Gasteiger partial charge in [-0.3, -0.25) is 5.41 Å². The van der Waals surface area contributed by atoms with E-state index in [0.717, 1.165) is 25.9 Å². The van der Waals surface area contributed by atoms with Gasteiger partial charge in [-0.05, 0) is 25.8 Å². The standard InChI is InChI=1S/C11H24N4O2S/c1-14(7-5-11(12)13)8-10-4-3-6-15(9-10)18(2,16)17/h10H,3-9H2,1-2H3,(H3,12,13). The molecule has 106 valence electrons. The molecule has 0 radical (unpaired) electrons.